The molecule has 0 bridgehead atoms. The molecule has 2 aromatic heterocycles. The van der Waals surface area contributed by atoms with Gasteiger partial charge in [0.25, 0.3) is 0 Å². The van der Waals surface area contributed by atoms with Crippen LogP contribution in [-0.2, 0) is 4.79 Å². The maximum atomic E-state index is 12.0. The lowest BCUT2D eigenvalue weighted by Gasteiger charge is -2.36. The fraction of sp³-hybridized carbons (Fsp3) is 0.571. The molecule has 1 aliphatic heterocycles. The molecule has 3 rings (SSSR count). The summed E-state index contributed by atoms with van der Waals surface area (Å²) in [4.78, 5) is 24.8. The zero-order chi connectivity index (χ0) is 16.2. The third-order valence-corrected chi connectivity index (χ3v) is 4.59. The van der Waals surface area contributed by atoms with Crippen molar-refractivity contribution < 1.29 is 9.32 Å². The number of piperazine rings is 1. The number of aryl methyl sites for hydroxylation is 1. The predicted octanol–water partition coefficient (Wildman–Crippen LogP) is 1.15. The largest absolute Gasteiger partial charge is 0.338 e. The van der Waals surface area contributed by atoms with Crippen LogP contribution in [0.3, 0.4) is 0 Å². The van der Waals surface area contributed by atoms with Gasteiger partial charge in [0, 0.05) is 37.8 Å². The van der Waals surface area contributed by atoms with Gasteiger partial charge in [-0.2, -0.15) is 4.98 Å². The van der Waals surface area contributed by atoms with Gasteiger partial charge in [0.2, 0.25) is 11.8 Å². The van der Waals surface area contributed by atoms with E-state index in [-0.39, 0.29) is 11.9 Å². The van der Waals surface area contributed by atoms with Crippen LogP contribution in [-0.4, -0.2) is 63.6 Å². The van der Waals surface area contributed by atoms with Crippen molar-refractivity contribution in [2.75, 3.05) is 38.0 Å². The Labute approximate surface area is 138 Å². The van der Waals surface area contributed by atoms with Gasteiger partial charge in [-0.15, -0.1) is 11.3 Å². The summed E-state index contributed by atoms with van der Waals surface area (Å²) in [6, 6.07) is 0.0995. The Morgan fingerprint density at radius 1 is 1.43 bits per heavy atom. The van der Waals surface area contributed by atoms with E-state index >= 15 is 0 Å². The molecule has 1 aliphatic rings. The van der Waals surface area contributed by atoms with Crippen LogP contribution >= 0.6 is 11.3 Å². The third kappa shape index (κ3) is 4.12. The molecule has 1 saturated heterocycles. The van der Waals surface area contributed by atoms with E-state index in [4.69, 9.17) is 4.52 Å². The first-order chi connectivity index (χ1) is 11.1. The molecule has 1 fully saturated rings. The Bertz CT molecular complexity index is 635. The smallest absolute Gasteiger partial charge is 0.243 e. The van der Waals surface area contributed by atoms with Crippen LogP contribution in [0.2, 0.25) is 0 Å². The lowest BCUT2D eigenvalue weighted by molar-refractivity contribution is -0.117. The lowest BCUT2D eigenvalue weighted by Crippen LogP contribution is -2.49. The molecule has 3 heterocycles. The molecular weight excluding hydrogens is 316 g/mol. The Morgan fingerprint density at radius 3 is 2.83 bits per heavy atom. The summed E-state index contributed by atoms with van der Waals surface area (Å²) in [5.74, 6) is 1.29. The molecule has 0 aromatic carbocycles. The van der Waals surface area contributed by atoms with Crippen LogP contribution in [0.1, 0.15) is 24.7 Å². The second kappa shape index (κ2) is 7.16. The van der Waals surface area contributed by atoms with Gasteiger partial charge in [0.15, 0.2) is 11.0 Å². The molecule has 124 valence electrons. The summed E-state index contributed by atoms with van der Waals surface area (Å²) in [5, 5.41) is 9.14. The number of hydrogen-bond donors (Lipinski definition) is 1. The summed E-state index contributed by atoms with van der Waals surface area (Å²) in [6.07, 6.45) is 1.68. The van der Waals surface area contributed by atoms with Crippen LogP contribution in [0.15, 0.2) is 16.1 Å². The molecule has 9 heteroatoms. The number of nitrogens with one attached hydrogen (secondary N) is 1. The Balaban J connectivity index is 1.45. The molecule has 1 amide bonds. The van der Waals surface area contributed by atoms with Crippen molar-refractivity contribution in [1.82, 2.24) is 24.9 Å². The van der Waals surface area contributed by atoms with Crippen molar-refractivity contribution in [2.24, 2.45) is 0 Å². The summed E-state index contributed by atoms with van der Waals surface area (Å²) < 4.78 is 5.24. The number of nitrogens with zero attached hydrogens (tertiary/aromatic N) is 5. The summed E-state index contributed by atoms with van der Waals surface area (Å²) in [6.45, 7) is 7.68. The van der Waals surface area contributed by atoms with Crippen LogP contribution in [0.4, 0.5) is 5.13 Å². The highest BCUT2D eigenvalue weighted by atomic mass is 32.1. The number of carbonyl (C=O) groups is 1. The van der Waals surface area contributed by atoms with E-state index in [0.717, 1.165) is 26.2 Å². The average Bonchev–Trinajstić information content (AvgIpc) is 3.19. The highest BCUT2D eigenvalue weighted by Gasteiger charge is 2.26. The molecule has 0 spiro atoms. The van der Waals surface area contributed by atoms with Crippen molar-refractivity contribution in [3.8, 4) is 0 Å². The van der Waals surface area contributed by atoms with E-state index in [1.54, 1.807) is 6.20 Å². The number of carbonyl (C=O) groups excluding carboxylic acids is 1. The first-order valence-electron chi connectivity index (χ1n) is 7.58. The summed E-state index contributed by atoms with van der Waals surface area (Å²) in [5.41, 5.74) is 0. The number of anilines is 1. The quantitative estimate of drug-likeness (QED) is 0.876. The van der Waals surface area contributed by atoms with Crippen LogP contribution < -0.4 is 5.32 Å². The van der Waals surface area contributed by atoms with E-state index in [1.807, 2.05) is 12.3 Å². The molecule has 1 N–H and O–H groups in total. The van der Waals surface area contributed by atoms with Gasteiger partial charge in [-0.3, -0.25) is 14.6 Å². The van der Waals surface area contributed by atoms with Gasteiger partial charge in [-0.25, -0.2) is 4.98 Å². The summed E-state index contributed by atoms with van der Waals surface area (Å²) in [7, 11) is 0. The molecule has 0 radical (unpaired) electrons. The van der Waals surface area contributed by atoms with Crippen molar-refractivity contribution in [3.05, 3.63) is 23.3 Å². The number of rotatable bonds is 5. The van der Waals surface area contributed by atoms with Gasteiger partial charge < -0.3 is 9.84 Å². The van der Waals surface area contributed by atoms with Gasteiger partial charge >= 0.3 is 0 Å². The highest BCUT2D eigenvalue weighted by Crippen LogP contribution is 2.20. The van der Waals surface area contributed by atoms with Crippen LogP contribution in [0.5, 0.6) is 0 Å². The molecule has 0 unspecified atom stereocenters. The van der Waals surface area contributed by atoms with Crippen molar-refractivity contribution in [2.45, 2.75) is 19.9 Å². The normalized spacial score (nSPS) is 18.0. The van der Waals surface area contributed by atoms with E-state index in [9.17, 15) is 4.79 Å². The number of aromatic nitrogens is 3. The minimum atomic E-state index is -0.0195. The third-order valence-electron chi connectivity index (χ3n) is 3.90. The van der Waals surface area contributed by atoms with Crippen molar-refractivity contribution >= 4 is 22.4 Å². The average molecular weight is 336 g/mol. The van der Waals surface area contributed by atoms with Crippen molar-refractivity contribution in [1.29, 1.82) is 0 Å². The van der Waals surface area contributed by atoms with Crippen LogP contribution in [0, 0.1) is 6.92 Å². The molecule has 1 atom stereocenters. The second-order valence-corrected chi connectivity index (χ2v) is 6.45. The topological polar surface area (TPSA) is 87.4 Å². The van der Waals surface area contributed by atoms with Gasteiger partial charge in [0.05, 0.1) is 12.6 Å². The zero-order valence-electron chi connectivity index (χ0n) is 13.2. The second-order valence-electron chi connectivity index (χ2n) is 5.55. The highest BCUT2D eigenvalue weighted by molar-refractivity contribution is 7.13. The van der Waals surface area contributed by atoms with Gasteiger partial charge in [-0.1, -0.05) is 5.16 Å². The molecule has 0 saturated carbocycles. The van der Waals surface area contributed by atoms with Gasteiger partial charge in [-0.05, 0) is 13.8 Å². The minimum Gasteiger partial charge on any atom is -0.338 e. The van der Waals surface area contributed by atoms with Crippen molar-refractivity contribution in [3.63, 3.8) is 0 Å². The summed E-state index contributed by atoms with van der Waals surface area (Å²) >= 11 is 1.42. The van der Waals surface area contributed by atoms with Crippen LogP contribution in [0.25, 0.3) is 0 Å². The maximum absolute atomic E-state index is 12.0. The first kappa shape index (κ1) is 16.0. The Kier molecular flexibility index (Phi) is 4.99. The van der Waals surface area contributed by atoms with Gasteiger partial charge in [0.1, 0.15) is 0 Å². The van der Waals surface area contributed by atoms with E-state index in [0.29, 0.717) is 23.4 Å². The first-order valence-corrected chi connectivity index (χ1v) is 8.46. The fourth-order valence-electron chi connectivity index (χ4n) is 2.59. The van der Waals surface area contributed by atoms with E-state index < -0.39 is 0 Å². The minimum absolute atomic E-state index is 0.0195. The predicted molar refractivity (Wildman–Crippen MR) is 86.2 cm³/mol. The van der Waals surface area contributed by atoms with E-state index in [1.165, 1.54) is 11.3 Å². The molecule has 0 aliphatic carbocycles. The molecule has 8 nitrogen and oxygen atoms in total. The SMILES string of the molecule is Cc1noc([C@@H](C)N2CCN(CC(=O)Nc3nccs3)CC2)n1. The maximum Gasteiger partial charge on any atom is 0.243 e. The lowest BCUT2D eigenvalue weighted by atomic mass is 10.2. The zero-order valence-corrected chi connectivity index (χ0v) is 14.0. The number of thiazole rings is 1. The number of hydrogen-bond acceptors (Lipinski definition) is 8. The molecular formula is C14H20N6O2S. The molecule has 23 heavy (non-hydrogen) atoms. The van der Waals surface area contributed by atoms with E-state index in [2.05, 4.69) is 37.2 Å². The Morgan fingerprint density at radius 2 is 2.22 bits per heavy atom. The number of amides is 1. The molecule has 2 aromatic rings. The monoisotopic (exact) mass is 336 g/mol. The standard InChI is InChI=1S/C14H20N6O2S/c1-10(13-16-11(2)18-22-13)20-6-4-19(5-7-20)9-12(21)17-14-15-3-8-23-14/h3,8,10H,4-7,9H2,1-2H3,(H,15,17,21)/t10-/m1/s1. The Hall–Kier alpha value is -1.84. The fourth-order valence-corrected chi connectivity index (χ4v) is 3.14.